The van der Waals surface area contributed by atoms with Crippen LogP contribution in [0.1, 0.15) is 15.9 Å². The van der Waals surface area contributed by atoms with Gasteiger partial charge in [0.05, 0.1) is 23.8 Å². The molecule has 0 saturated heterocycles. The molecule has 0 aliphatic carbocycles. The van der Waals surface area contributed by atoms with Gasteiger partial charge in [0.1, 0.15) is 0 Å². The zero-order valence-electron chi connectivity index (χ0n) is 8.28. The number of carbonyl (C=O) groups is 1. The number of rotatable bonds is 3. The van der Waals surface area contributed by atoms with E-state index < -0.39 is 10.9 Å². The van der Waals surface area contributed by atoms with E-state index in [-0.39, 0.29) is 16.8 Å². The second kappa shape index (κ2) is 4.87. The molecule has 0 atom stereocenters. The molecule has 0 aromatic heterocycles. The highest BCUT2D eigenvalue weighted by molar-refractivity contribution is 5.93. The van der Waals surface area contributed by atoms with Crippen molar-refractivity contribution in [3.8, 4) is 0 Å². The molecule has 7 nitrogen and oxygen atoms in total. The lowest BCUT2D eigenvalue weighted by atomic mass is 10.1. The van der Waals surface area contributed by atoms with Crippen LogP contribution in [0.15, 0.2) is 23.4 Å². The first-order valence-corrected chi connectivity index (χ1v) is 4.13. The molecule has 1 aromatic carbocycles. The molecule has 16 heavy (non-hydrogen) atoms. The zero-order valence-corrected chi connectivity index (χ0v) is 8.28. The van der Waals surface area contributed by atoms with Gasteiger partial charge in [-0.3, -0.25) is 10.1 Å². The van der Waals surface area contributed by atoms with Gasteiger partial charge >= 0.3 is 5.97 Å². The normalized spacial score (nSPS) is 10.3. The maximum Gasteiger partial charge on any atom is 0.338 e. The van der Waals surface area contributed by atoms with Crippen LogP contribution in [0.5, 0.6) is 0 Å². The van der Waals surface area contributed by atoms with E-state index in [1.807, 2.05) is 0 Å². The zero-order chi connectivity index (χ0) is 12.1. The Morgan fingerprint density at radius 1 is 1.56 bits per heavy atom. The highest BCUT2D eigenvalue weighted by atomic mass is 16.6. The fraction of sp³-hybridized carbons (Fsp3) is 0.111. The summed E-state index contributed by atoms with van der Waals surface area (Å²) in [5, 5.41) is 21.6. The predicted molar refractivity (Wildman–Crippen MR) is 53.8 cm³/mol. The summed E-state index contributed by atoms with van der Waals surface area (Å²) in [6.07, 6.45) is 0.986. The SMILES string of the molecule is COC(=O)c1cc(C=NO)cc([N+](=O)[O-])c1. The van der Waals surface area contributed by atoms with E-state index >= 15 is 0 Å². The molecule has 0 aliphatic rings. The third-order valence-electron chi connectivity index (χ3n) is 1.78. The minimum absolute atomic E-state index is 0.0200. The summed E-state index contributed by atoms with van der Waals surface area (Å²) in [5.74, 6) is -0.698. The maximum absolute atomic E-state index is 11.2. The van der Waals surface area contributed by atoms with E-state index in [1.165, 1.54) is 19.2 Å². The van der Waals surface area contributed by atoms with E-state index in [0.717, 1.165) is 12.3 Å². The number of nitro groups is 1. The first kappa shape index (κ1) is 11.6. The van der Waals surface area contributed by atoms with E-state index in [2.05, 4.69) is 9.89 Å². The molecule has 1 aromatic rings. The van der Waals surface area contributed by atoms with Gasteiger partial charge in [0.15, 0.2) is 0 Å². The lowest BCUT2D eigenvalue weighted by Crippen LogP contribution is -2.03. The molecule has 0 fully saturated rings. The Bertz CT molecular complexity index is 455. The van der Waals surface area contributed by atoms with Crippen molar-refractivity contribution in [3.05, 3.63) is 39.4 Å². The molecule has 0 unspecified atom stereocenters. The number of ether oxygens (including phenoxy) is 1. The fourth-order valence-corrected chi connectivity index (χ4v) is 1.12. The number of carbonyl (C=O) groups excluding carboxylic acids is 1. The first-order valence-electron chi connectivity index (χ1n) is 4.13. The highest BCUT2D eigenvalue weighted by Crippen LogP contribution is 2.17. The van der Waals surface area contributed by atoms with Crippen molar-refractivity contribution < 1.29 is 19.7 Å². The summed E-state index contributed by atoms with van der Waals surface area (Å²) in [4.78, 5) is 21.1. The predicted octanol–water partition coefficient (Wildman–Crippen LogP) is 1.19. The van der Waals surface area contributed by atoms with Crippen molar-refractivity contribution in [2.75, 3.05) is 7.11 Å². The Kier molecular flexibility index (Phi) is 3.54. The Morgan fingerprint density at radius 3 is 2.75 bits per heavy atom. The van der Waals surface area contributed by atoms with Crippen molar-refractivity contribution in [1.82, 2.24) is 0 Å². The van der Waals surface area contributed by atoms with Crippen molar-refractivity contribution in [2.45, 2.75) is 0 Å². The number of methoxy groups -OCH3 is 1. The number of esters is 1. The molecule has 0 heterocycles. The third-order valence-corrected chi connectivity index (χ3v) is 1.78. The van der Waals surface area contributed by atoms with Crippen molar-refractivity contribution in [3.63, 3.8) is 0 Å². The second-order valence-corrected chi connectivity index (χ2v) is 2.81. The molecule has 0 bridgehead atoms. The molecule has 0 spiro atoms. The van der Waals surface area contributed by atoms with Crippen molar-refractivity contribution >= 4 is 17.9 Å². The monoisotopic (exact) mass is 224 g/mol. The molecular formula is C9H8N2O5. The Labute approximate surface area is 90.1 Å². The molecule has 1 rings (SSSR count). The summed E-state index contributed by atoms with van der Waals surface area (Å²) in [7, 11) is 1.17. The summed E-state index contributed by atoms with van der Waals surface area (Å²) in [5.41, 5.74) is -0.0264. The van der Waals surface area contributed by atoms with Crippen LogP contribution in [-0.4, -0.2) is 29.4 Å². The van der Waals surface area contributed by atoms with Crippen LogP contribution in [0, 0.1) is 10.1 Å². The number of nitrogens with zero attached hydrogens (tertiary/aromatic N) is 2. The van der Waals surface area contributed by atoms with Crippen LogP contribution >= 0.6 is 0 Å². The number of benzene rings is 1. The average molecular weight is 224 g/mol. The minimum atomic E-state index is -0.698. The number of hydrogen-bond donors (Lipinski definition) is 1. The van der Waals surface area contributed by atoms with Gasteiger partial charge in [-0.15, -0.1) is 0 Å². The Hall–Kier alpha value is -2.44. The van der Waals surface area contributed by atoms with Crippen molar-refractivity contribution in [2.24, 2.45) is 5.16 Å². The summed E-state index contributed by atoms with van der Waals surface area (Å²) in [6, 6.07) is 3.57. The molecule has 7 heteroatoms. The number of oxime groups is 1. The number of hydrogen-bond acceptors (Lipinski definition) is 6. The fourth-order valence-electron chi connectivity index (χ4n) is 1.12. The highest BCUT2D eigenvalue weighted by Gasteiger charge is 2.14. The van der Waals surface area contributed by atoms with Crippen LogP contribution < -0.4 is 0 Å². The van der Waals surface area contributed by atoms with Crippen molar-refractivity contribution in [1.29, 1.82) is 0 Å². The van der Waals surface area contributed by atoms with Crippen LogP contribution in [-0.2, 0) is 4.74 Å². The largest absolute Gasteiger partial charge is 0.465 e. The van der Waals surface area contributed by atoms with Gasteiger partial charge in [-0.1, -0.05) is 5.16 Å². The van der Waals surface area contributed by atoms with Gasteiger partial charge in [-0.25, -0.2) is 4.79 Å². The van der Waals surface area contributed by atoms with Gasteiger partial charge < -0.3 is 9.94 Å². The number of nitro benzene ring substituents is 1. The van der Waals surface area contributed by atoms with Crippen LogP contribution in [0.2, 0.25) is 0 Å². The standard InChI is InChI=1S/C9H8N2O5/c1-16-9(12)7-2-6(5-10-13)3-8(4-7)11(14)15/h2-5,13H,1H3. The van der Waals surface area contributed by atoms with Crippen LogP contribution in [0.25, 0.3) is 0 Å². The third kappa shape index (κ3) is 2.53. The molecule has 0 radical (unpaired) electrons. The van der Waals surface area contributed by atoms with E-state index in [0.29, 0.717) is 0 Å². The molecule has 0 aliphatic heterocycles. The molecule has 1 N–H and O–H groups in total. The van der Waals surface area contributed by atoms with Crippen LogP contribution in [0.3, 0.4) is 0 Å². The van der Waals surface area contributed by atoms with Gasteiger partial charge in [-0.05, 0) is 6.07 Å². The van der Waals surface area contributed by atoms with Gasteiger partial charge in [0.25, 0.3) is 5.69 Å². The van der Waals surface area contributed by atoms with E-state index in [1.54, 1.807) is 0 Å². The summed E-state index contributed by atoms with van der Waals surface area (Å²) < 4.78 is 4.44. The summed E-state index contributed by atoms with van der Waals surface area (Å²) >= 11 is 0. The van der Waals surface area contributed by atoms with Gasteiger partial charge in [0, 0.05) is 17.7 Å². The summed E-state index contributed by atoms with van der Waals surface area (Å²) in [6.45, 7) is 0. The second-order valence-electron chi connectivity index (χ2n) is 2.81. The molecule has 0 amide bonds. The average Bonchev–Trinajstić information content (AvgIpc) is 2.28. The smallest absolute Gasteiger partial charge is 0.338 e. The lowest BCUT2D eigenvalue weighted by molar-refractivity contribution is -0.384. The minimum Gasteiger partial charge on any atom is -0.465 e. The Balaban J connectivity index is 3.29. The first-order chi connectivity index (χ1) is 7.58. The quantitative estimate of drug-likeness (QED) is 0.273. The van der Waals surface area contributed by atoms with E-state index in [4.69, 9.17) is 5.21 Å². The van der Waals surface area contributed by atoms with Gasteiger partial charge in [-0.2, -0.15) is 0 Å². The topological polar surface area (TPSA) is 102 Å². The maximum atomic E-state index is 11.2. The van der Waals surface area contributed by atoms with Crippen LogP contribution in [0.4, 0.5) is 5.69 Å². The lowest BCUT2D eigenvalue weighted by Gasteiger charge is -2.00. The van der Waals surface area contributed by atoms with E-state index in [9.17, 15) is 14.9 Å². The molecule has 84 valence electrons. The molecular weight excluding hydrogens is 216 g/mol. The number of non-ortho nitro benzene ring substituents is 1. The Morgan fingerprint density at radius 2 is 2.25 bits per heavy atom. The molecule has 0 saturated carbocycles. The van der Waals surface area contributed by atoms with Gasteiger partial charge in [0.2, 0.25) is 0 Å².